The summed E-state index contributed by atoms with van der Waals surface area (Å²) in [5.41, 5.74) is 6.02. The molecule has 1 aromatic carbocycles. The zero-order chi connectivity index (χ0) is 13.2. The number of nitrogens with two attached hydrogens (primary N) is 1. The number of para-hydroxylation sites is 1. The lowest BCUT2D eigenvalue weighted by Gasteiger charge is -2.27. The van der Waals surface area contributed by atoms with E-state index in [0.29, 0.717) is 11.6 Å². The third kappa shape index (κ3) is 3.03. The van der Waals surface area contributed by atoms with Gasteiger partial charge in [-0.1, -0.05) is 31.9 Å². The van der Waals surface area contributed by atoms with E-state index in [1.807, 2.05) is 0 Å². The molecule has 1 aliphatic carbocycles. The van der Waals surface area contributed by atoms with E-state index < -0.39 is 10.0 Å². The molecule has 2 atom stereocenters. The molecule has 18 heavy (non-hydrogen) atoms. The summed E-state index contributed by atoms with van der Waals surface area (Å²) in [6.45, 7) is 2.16. The zero-order valence-corrected chi connectivity index (χ0v) is 11.4. The van der Waals surface area contributed by atoms with Crippen LogP contribution in [-0.2, 0) is 10.0 Å². The quantitative estimate of drug-likeness (QED) is 0.825. The predicted octanol–water partition coefficient (Wildman–Crippen LogP) is 2.13. The van der Waals surface area contributed by atoms with Crippen LogP contribution in [0.1, 0.15) is 32.6 Å². The van der Waals surface area contributed by atoms with Crippen LogP contribution in [0.15, 0.2) is 29.2 Å². The van der Waals surface area contributed by atoms with E-state index >= 15 is 0 Å². The summed E-state index contributed by atoms with van der Waals surface area (Å²) in [5, 5.41) is 0. The van der Waals surface area contributed by atoms with Crippen molar-refractivity contribution in [2.24, 2.45) is 5.92 Å². The summed E-state index contributed by atoms with van der Waals surface area (Å²) >= 11 is 0. The monoisotopic (exact) mass is 268 g/mol. The smallest absolute Gasteiger partial charge is 0.242 e. The Morgan fingerprint density at radius 2 is 2.00 bits per heavy atom. The molecule has 0 heterocycles. The van der Waals surface area contributed by atoms with Crippen LogP contribution in [0.5, 0.6) is 0 Å². The Kier molecular flexibility index (Phi) is 3.92. The van der Waals surface area contributed by atoms with E-state index in [0.717, 1.165) is 19.3 Å². The molecule has 1 aliphatic rings. The van der Waals surface area contributed by atoms with Crippen molar-refractivity contribution >= 4 is 15.7 Å². The van der Waals surface area contributed by atoms with Crippen LogP contribution >= 0.6 is 0 Å². The van der Waals surface area contributed by atoms with Crippen LogP contribution in [0, 0.1) is 5.92 Å². The summed E-state index contributed by atoms with van der Waals surface area (Å²) < 4.78 is 27.2. The molecule has 0 radical (unpaired) electrons. The molecular formula is C13H20N2O2S. The molecule has 0 saturated heterocycles. The molecule has 4 nitrogen and oxygen atoms in total. The maximum absolute atomic E-state index is 12.2. The van der Waals surface area contributed by atoms with E-state index in [9.17, 15) is 8.42 Å². The second-order valence-corrected chi connectivity index (χ2v) is 6.81. The molecule has 0 spiro atoms. The van der Waals surface area contributed by atoms with E-state index in [4.69, 9.17) is 5.73 Å². The highest BCUT2D eigenvalue weighted by atomic mass is 32.2. The lowest BCUT2D eigenvalue weighted by molar-refractivity contribution is 0.327. The minimum absolute atomic E-state index is 0.0401. The molecule has 0 amide bonds. The molecule has 1 fully saturated rings. The third-order valence-electron chi connectivity index (χ3n) is 3.47. The van der Waals surface area contributed by atoms with Crippen molar-refractivity contribution in [3.63, 3.8) is 0 Å². The van der Waals surface area contributed by atoms with Gasteiger partial charge in [-0.15, -0.1) is 0 Å². The van der Waals surface area contributed by atoms with Gasteiger partial charge in [0.25, 0.3) is 0 Å². The van der Waals surface area contributed by atoms with Gasteiger partial charge in [0.15, 0.2) is 0 Å². The first-order valence-corrected chi connectivity index (χ1v) is 7.84. The zero-order valence-electron chi connectivity index (χ0n) is 10.6. The average Bonchev–Trinajstić information content (AvgIpc) is 2.28. The maximum atomic E-state index is 12.2. The van der Waals surface area contributed by atoms with E-state index in [-0.39, 0.29) is 10.9 Å². The molecule has 1 saturated carbocycles. The topological polar surface area (TPSA) is 72.2 Å². The van der Waals surface area contributed by atoms with Gasteiger partial charge in [-0.3, -0.25) is 0 Å². The largest absolute Gasteiger partial charge is 0.398 e. The molecule has 0 unspecified atom stereocenters. The number of hydrogen-bond acceptors (Lipinski definition) is 3. The van der Waals surface area contributed by atoms with Crippen molar-refractivity contribution in [2.75, 3.05) is 5.73 Å². The van der Waals surface area contributed by atoms with Gasteiger partial charge in [-0.05, 0) is 30.9 Å². The fourth-order valence-corrected chi connectivity index (χ4v) is 3.97. The molecule has 0 bridgehead atoms. The molecular weight excluding hydrogens is 248 g/mol. The maximum Gasteiger partial charge on any atom is 0.242 e. The second kappa shape index (κ2) is 5.28. The Morgan fingerprint density at radius 3 is 2.67 bits per heavy atom. The summed E-state index contributed by atoms with van der Waals surface area (Å²) in [6, 6.07) is 6.62. The first-order chi connectivity index (χ1) is 8.49. The van der Waals surface area contributed by atoms with E-state index in [2.05, 4.69) is 11.6 Å². The Hall–Kier alpha value is -1.07. The van der Waals surface area contributed by atoms with Crippen molar-refractivity contribution in [1.82, 2.24) is 4.72 Å². The van der Waals surface area contributed by atoms with Gasteiger partial charge in [0.2, 0.25) is 10.0 Å². The summed E-state index contributed by atoms with van der Waals surface area (Å²) in [6.07, 6.45) is 4.09. The summed E-state index contributed by atoms with van der Waals surface area (Å²) in [4.78, 5) is 0.184. The number of hydrogen-bond donors (Lipinski definition) is 2. The molecule has 100 valence electrons. The van der Waals surface area contributed by atoms with Crippen LogP contribution in [0.4, 0.5) is 5.69 Å². The van der Waals surface area contributed by atoms with Gasteiger partial charge in [0.05, 0.1) is 5.69 Å². The lowest BCUT2D eigenvalue weighted by atomic mass is 9.88. The number of rotatable bonds is 3. The standard InChI is InChI=1S/C13H20N2O2S/c1-10-5-4-6-11(9-10)15-18(16,17)13-8-3-2-7-12(13)14/h2-3,7-8,10-11,15H,4-6,9,14H2,1H3/t10-,11+/m1/s1. The minimum Gasteiger partial charge on any atom is -0.398 e. The van der Waals surface area contributed by atoms with Crippen LogP contribution < -0.4 is 10.5 Å². The van der Waals surface area contributed by atoms with Gasteiger partial charge < -0.3 is 5.73 Å². The van der Waals surface area contributed by atoms with Crippen LogP contribution in [0.2, 0.25) is 0 Å². The van der Waals surface area contributed by atoms with Crippen molar-refractivity contribution in [3.8, 4) is 0 Å². The normalized spacial score (nSPS) is 24.9. The first-order valence-electron chi connectivity index (χ1n) is 6.36. The number of sulfonamides is 1. The van der Waals surface area contributed by atoms with Gasteiger partial charge in [0.1, 0.15) is 4.90 Å². The Morgan fingerprint density at radius 1 is 1.28 bits per heavy atom. The Balaban J connectivity index is 2.15. The molecule has 5 heteroatoms. The van der Waals surface area contributed by atoms with Gasteiger partial charge in [-0.25, -0.2) is 13.1 Å². The van der Waals surface area contributed by atoms with Gasteiger partial charge in [-0.2, -0.15) is 0 Å². The summed E-state index contributed by atoms with van der Waals surface area (Å²) in [7, 11) is -3.49. The van der Waals surface area contributed by atoms with Crippen LogP contribution in [-0.4, -0.2) is 14.5 Å². The highest BCUT2D eigenvalue weighted by Crippen LogP contribution is 2.25. The SMILES string of the molecule is C[C@@H]1CCC[C@H](NS(=O)(=O)c2ccccc2N)C1. The first kappa shape index (κ1) is 13.4. The van der Waals surface area contributed by atoms with Gasteiger partial charge >= 0.3 is 0 Å². The highest BCUT2D eigenvalue weighted by Gasteiger charge is 2.25. The average molecular weight is 268 g/mol. The lowest BCUT2D eigenvalue weighted by Crippen LogP contribution is -2.38. The molecule has 1 aromatic rings. The van der Waals surface area contributed by atoms with Crippen LogP contribution in [0.3, 0.4) is 0 Å². The highest BCUT2D eigenvalue weighted by molar-refractivity contribution is 7.89. The molecule has 0 aromatic heterocycles. The van der Waals surface area contributed by atoms with Gasteiger partial charge in [0, 0.05) is 6.04 Å². The second-order valence-electron chi connectivity index (χ2n) is 5.13. The molecule has 3 N–H and O–H groups in total. The summed E-state index contributed by atoms with van der Waals surface area (Å²) in [5.74, 6) is 0.583. The Bertz CT molecular complexity index is 513. The van der Waals surface area contributed by atoms with E-state index in [1.165, 1.54) is 6.42 Å². The van der Waals surface area contributed by atoms with Crippen molar-refractivity contribution in [2.45, 2.75) is 43.5 Å². The predicted molar refractivity (Wildman–Crippen MR) is 72.6 cm³/mol. The van der Waals surface area contributed by atoms with Crippen molar-refractivity contribution in [3.05, 3.63) is 24.3 Å². The van der Waals surface area contributed by atoms with Crippen LogP contribution in [0.25, 0.3) is 0 Å². The number of anilines is 1. The molecule has 2 rings (SSSR count). The third-order valence-corrected chi connectivity index (χ3v) is 5.06. The van der Waals surface area contributed by atoms with E-state index in [1.54, 1.807) is 24.3 Å². The fourth-order valence-electron chi connectivity index (χ4n) is 2.55. The number of nitrogens with one attached hydrogen (secondary N) is 1. The number of nitrogen functional groups attached to an aromatic ring is 1. The Labute approximate surface area is 109 Å². The number of benzene rings is 1. The minimum atomic E-state index is -3.49. The fraction of sp³-hybridized carbons (Fsp3) is 0.538. The van der Waals surface area contributed by atoms with Crippen molar-refractivity contribution in [1.29, 1.82) is 0 Å². The molecule has 0 aliphatic heterocycles. The van der Waals surface area contributed by atoms with Crippen molar-refractivity contribution < 1.29 is 8.42 Å².